The Morgan fingerprint density at radius 3 is 2.94 bits per heavy atom. The van der Waals surface area contributed by atoms with Gasteiger partial charge in [-0.05, 0) is 25.0 Å². The second kappa shape index (κ2) is 8.91. The van der Waals surface area contributed by atoms with Gasteiger partial charge in [0.2, 0.25) is 0 Å². The summed E-state index contributed by atoms with van der Waals surface area (Å²) >= 11 is 1.79. The SMILES string of the molecule is C#CCSCCNC(C)Cc1ccccc1OC. The van der Waals surface area contributed by atoms with E-state index in [0.29, 0.717) is 6.04 Å². The van der Waals surface area contributed by atoms with Crippen LogP contribution in [0.5, 0.6) is 5.75 Å². The zero-order valence-corrected chi connectivity index (χ0v) is 11.9. The third-order valence-electron chi connectivity index (χ3n) is 2.64. The fraction of sp³-hybridized carbons (Fsp3) is 0.467. The Morgan fingerprint density at radius 2 is 2.22 bits per heavy atom. The first-order valence-electron chi connectivity index (χ1n) is 6.14. The number of rotatable bonds is 8. The van der Waals surface area contributed by atoms with Gasteiger partial charge in [-0.3, -0.25) is 0 Å². The van der Waals surface area contributed by atoms with Gasteiger partial charge in [0.1, 0.15) is 5.75 Å². The van der Waals surface area contributed by atoms with Gasteiger partial charge in [-0.15, -0.1) is 18.2 Å². The average Bonchev–Trinajstić information content (AvgIpc) is 2.39. The Morgan fingerprint density at radius 1 is 1.44 bits per heavy atom. The minimum absolute atomic E-state index is 0.438. The van der Waals surface area contributed by atoms with Crippen LogP contribution in [0.25, 0.3) is 0 Å². The van der Waals surface area contributed by atoms with Gasteiger partial charge in [-0.2, -0.15) is 0 Å². The average molecular weight is 263 g/mol. The molecular formula is C15H21NOS. The fourth-order valence-electron chi connectivity index (χ4n) is 1.78. The number of methoxy groups -OCH3 is 1. The van der Waals surface area contributed by atoms with Crippen LogP contribution < -0.4 is 10.1 Å². The van der Waals surface area contributed by atoms with Crippen molar-refractivity contribution in [3.05, 3.63) is 29.8 Å². The fourth-order valence-corrected chi connectivity index (χ4v) is 2.31. The van der Waals surface area contributed by atoms with Crippen molar-refractivity contribution < 1.29 is 4.74 Å². The third kappa shape index (κ3) is 5.48. The number of thioether (sulfide) groups is 1. The Kier molecular flexibility index (Phi) is 7.40. The molecule has 98 valence electrons. The van der Waals surface area contributed by atoms with Gasteiger partial charge in [0, 0.05) is 18.3 Å². The van der Waals surface area contributed by atoms with E-state index in [1.165, 1.54) is 5.56 Å². The molecule has 1 atom stereocenters. The van der Waals surface area contributed by atoms with Crippen LogP contribution in [0.3, 0.4) is 0 Å². The molecule has 0 fully saturated rings. The molecule has 0 saturated carbocycles. The molecule has 1 aromatic carbocycles. The summed E-state index contributed by atoms with van der Waals surface area (Å²) in [5, 5.41) is 3.50. The van der Waals surface area contributed by atoms with Crippen LogP contribution in [-0.2, 0) is 6.42 Å². The van der Waals surface area contributed by atoms with Crippen molar-refractivity contribution in [1.82, 2.24) is 5.32 Å². The van der Waals surface area contributed by atoms with E-state index in [4.69, 9.17) is 11.2 Å². The molecule has 1 unspecified atom stereocenters. The number of hydrogen-bond donors (Lipinski definition) is 1. The molecule has 0 aromatic heterocycles. The van der Waals surface area contributed by atoms with Crippen molar-refractivity contribution in [2.24, 2.45) is 0 Å². The summed E-state index contributed by atoms with van der Waals surface area (Å²) in [5.74, 6) is 5.45. The molecule has 0 spiro atoms. The van der Waals surface area contributed by atoms with Gasteiger partial charge in [0.05, 0.1) is 12.9 Å². The summed E-state index contributed by atoms with van der Waals surface area (Å²) < 4.78 is 5.35. The molecule has 0 radical (unpaired) electrons. The van der Waals surface area contributed by atoms with E-state index in [1.54, 1.807) is 18.9 Å². The van der Waals surface area contributed by atoms with E-state index < -0.39 is 0 Å². The van der Waals surface area contributed by atoms with Gasteiger partial charge in [-0.1, -0.05) is 24.1 Å². The molecule has 0 aliphatic carbocycles. The monoisotopic (exact) mass is 263 g/mol. The van der Waals surface area contributed by atoms with E-state index >= 15 is 0 Å². The molecule has 0 bridgehead atoms. The molecule has 1 aromatic rings. The first-order valence-corrected chi connectivity index (χ1v) is 7.30. The van der Waals surface area contributed by atoms with Crippen LogP contribution in [0.15, 0.2) is 24.3 Å². The zero-order valence-electron chi connectivity index (χ0n) is 11.1. The van der Waals surface area contributed by atoms with Gasteiger partial charge < -0.3 is 10.1 Å². The smallest absolute Gasteiger partial charge is 0.122 e. The number of nitrogens with one attached hydrogen (secondary N) is 1. The maximum atomic E-state index is 5.35. The van der Waals surface area contributed by atoms with E-state index in [0.717, 1.165) is 30.2 Å². The highest BCUT2D eigenvalue weighted by Crippen LogP contribution is 2.18. The lowest BCUT2D eigenvalue weighted by molar-refractivity contribution is 0.406. The zero-order chi connectivity index (χ0) is 13.2. The standard InChI is InChI=1S/C15H21NOS/c1-4-10-18-11-9-16-13(2)12-14-7-5-6-8-15(14)17-3/h1,5-8,13,16H,9-12H2,2-3H3. The number of hydrogen-bond acceptors (Lipinski definition) is 3. The summed E-state index contributed by atoms with van der Waals surface area (Å²) in [4.78, 5) is 0. The highest BCUT2D eigenvalue weighted by molar-refractivity contribution is 7.99. The normalized spacial score (nSPS) is 11.8. The molecular weight excluding hydrogens is 242 g/mol. The van der Waals surface area contributed by atoms with E-state index in [-0.39, 0.29) is 0 Å². The minimum Gasteiger partial charge on any atom is -0.496 e. The summed E-state index contributed by atoms with van der Waals surface area (Å²) in [7, 11) is 1.72. The summed E-state index contributed by atoms with van der Waals surface area (Å²) in [6.07, 6.45) is 6.18. The summed E-state index contributed by atoms with van der Waals surface area (Å²) in [6, 6.07) is 8.60. The van der Waals surface area contributed by atoms with Crippen molar-refractivity contribution in [1.29, 1.82) is 0 Å². The first kappa shape index (κ1) is 14.9. The van der Waals surface area contributed by atoms with Crippen LogP contribution in [0, 0.1) is 12.3 Å². The van der Waals surface area contributed by atoms with Crippen LogP contribution in [0.1, 0.15) is 12.5 Å². The van der Waals surface area contributed by atoms with Gasteiger partial charge in [-0.25, -0.2) is 0 Å². The highest BCUT2D eigenvalue weighted by atomic mass is 32.2. The third-order valence-corrected chi connectivity index (χ3v) is 3.51. The Balaban J connectivity index is 2.31. The number of ether oxygens (including phenoxy) is 1. The maximum absolute atomic E-state index is 5.35. The molecule has 3 heteroatoms. The molecule has 0 amide bonds. The quantitative estimate of drug-likeness (QED) is 0.575. The van der Waals surface area contributed by atoms with Gasteiger partial charge in [0.15, 0.2) is 0 Å². The van der Waals surface area contributed by atoms with Crippen LogP contribution in [0.2, 0.25) is 0 Å². The summed E-state index contributed by atoms with van der Waals surface area (Å²) in [5.41, 5.74) is 1.25. The Hall–Kier alpha value is -1.11. The predicted octanol–water partition coefficient (Wildman–Crippen LogP) is 2.58. The Labute approximate surface area is 115 Å². The van der Waals surface area contributed by atoms with Crippen LogP contribution in [-0.4, -0.2) is 31.2 Å². The lowest BCUT2D eigenvalue weighted by Crippen LogP contribution is -2.30. The van der Waals surface area contributed by atoms with E-state index in [1.807, 2.05) is 18.2 Å². The van der Waals surface area contributed by atoms with Crippen LogP contribution >= 0.6 is 11.8 Å². The van der Waals surface area contributed by atoms with Gasteiger partial charge >= 0.3 is 0 Å². The molecule has 0 heterocycles. The van der Waals surface area contributed by atoms with Gasteiger partial charge in [0.25, 0.3) is 0 Å². The molecule has 0 saturated heterocycles. The molecule has 1 rings (SSSR count). The number of para-hydroxylation sites is 1. The van der Waals surface area contributed by atoms with Crippen molar-refractivity contribution >= 4 is 11.8 Å². The lowest BCUT2D eigenvalue weighted by atomic mass is 10.1. The van der Waals surface area contributed by atoms with E-state index in [9.17, 15) is 0 Å². The first-order chi connectivity index (χ1) is 8.77. The second-order valence-corrected chi connectivity index (χ2v) is 5.23. The van der Waals surface area contributed by atoms with E-state index in [2.05, 4.69) is 24.2 Å². The Bertz CT molecular complexity index is 386. The van der Waals surface area contributed by atoms with Crippen molar-refractivity contribution in [3.8, 4) is 18.1 Å². The second-order valence-electron chi connectivity index (χ2n) is 4.13. The molecule has 2 nitrogen and oxygen atoms in total. The van der Waals surface area contributed by atoms with Crippen molar-refractivity contribution in [2.75, 3.05) is 25.2 Å². The maximum Gasteiger partial charge on any atom is 0.122 e. The largest absolute Gasteiger partial charge is 0.496 e. The topological polar surface area (TPSA) is 21.3 Å². The molecule has 0 aliphatic rings. The lowest BCUT2D eigenvalue weighted by Gasteiger charge is -2.15. The highest BCUT2D eigenvalue weighted by Gasteiger charge is 2.06. The molecule has 1 N–H and O–H groups in total. The number of terminal acetylenes is 1. The molecule has 0 aliphatic heterocycles. The van der Waals surface area contributed by atoms with Crippen molar-refractivity contribution in [3.63, 3.8) is 0 Å². The van der Waals surface area contributed by atoms with Crippen LogP contribution in [0.4, 0.5) is 0 Å². The minimum atomic E-state index is 0.438. The summed E-state index contributed by atoms with van der Waals surface area (Å²) in [6.45, 7) is 3.18. The predicted molar refractivity (Wildman–Crippen MR) is 80.3 cm³/mol. The molecule has 18 heavy (non-hydrogen) atoms. The van der Waals surface area contributed by atoms with Crippen molar-refractivity contribution in [2.45, 2.75) is 19.4 Å². The number of benzene rings is 1.